The van der Waals surface area contributed by atoms with Crippen LogP contribution < -0.4 is 0 Å². The van der Waals surface area contributed by atoms with E-state index in [4.69, 9.17) is 37.0 Å². The fourth-order valence-electron chi connectivity index (χ4n) is 13.3. The molecule has 2 unspecified atom stereocenters. The van der Waals surface area contributed by atoms with Gasteiger partial charge in [0.05, 0.1) is 26.4 Å². The number of aliphatic hydroxyl groups excluding tert-OH is 1. The summed E-state index contributed by atoms with van der Waals surface area (Å²) >= 11 is 0. The van der Waals surface area contributed by atoms with E-state index in [1.54, 1.807) is 0 Å². The van der Waals surface area contributed by atoms with Gasteiger partial charge < -0.3 is 33.8 Å². The third kappa shape index (κ3) is 78.2. The summed E-state index contributed by atoms with van der Waals surface area (Å²) < 4.78 is 68.8. The topological polar surface area (TPSA) is 237 Å². The second-order valence-corrected chi connectivity index (χ2v) is 34.0. The highest BCUT2D eigenvalue weighted by Crippen LogP contribution is 2.45. The molecule has 0 rings (SSSR count). The minimum Gasteiger partial charge on any atom is -0.462 e. The van der Waals surface area contributed by atoms with Crippen molar-refractivity contribution in [3.05, 3.63) is 0 Å². The zero-order chi connectivity index (χ0) is 76.2. The van der Waals surface area contributed by atoms with Crippen LogP contribution in [-0.4, -0.2) is 96.7 Å². The average Bonchev–Trinajstić information content (AvgIpc) is 0.908. The van der Waals surface area contributed by atoms with Crippen molar-refractivity contribution in [2.75, 3.05) is 39.6 Å². The van der Waals surface area contributed by atoms with Crippen LogP contribution in [0, 0.1) is 5.92 Å². The molecule has 17 nitrogen and oxygen atoms in total. The number of hydrogen-bond acceptors (Lipinski definition) is 15. The number of phosphoric acid groups is 2. The number of unbranched alkanes of at least 4 members (excludes halogenated alkanes) is 57. The fraction of sp³-hybridized carbons (Fsp3) is 0.953. The molecule has 0 saturated carbocycles. The van der Waals surface area contributed by atoms with Gasteiger partial charge in [-0.15, -0.1) is 0 Å². The molecule has 0 bridgehead atoms. The van der Waals surface area contributed by atoms with Crippen molar-refractivity contribution in [3.8, 4) is 0 Å². The molecule has 5 atom stereocenters. The van der Waals surface area contributed by atoms with Gasteiger partial charge >= 0.3 is 39.5 Å². The first-order valence-electron chi connectivity index (χ1n) is 44.1. The third-order valence-corrected chi connectivity index (χ3v) is 21.9. The predicted molar refractivity (Wildman–Crippen MR) is 428 cm³/mol. The maximum absolute atomic E-state index is 13.1. The molecule has 618 valence electrons. The largest absolute Gasteiger partial charge is 0.472 e. The summed E-state index contributed by atoms with van der Waals surface area (Å²) in [7, 11) is -9.92. The van der Waals surface area contributed by atoms with E-state index in [1.165, 1.54) is 283 Å². The molecule has 0 aromatic carbocycles. The van der Waals surface area contributed by atoms with E-state index in [1.807, 2.05) is 0 Å². The molecule has 0 aromatic heterocycles. The first kappa shape index (κ1) is 102. The number of aliphatic hydroxyl groups is 1. The van der Waals surface area contributed by atoms with Crippen molar-refractivity contribution in [1.82, 2.24) is 0 Å². The Hall–Kier alpha value is -1.94. The van der Waals surface area contributed by atoms with Crippen LogP contribution in [0.4, 0.5) is 0 Å². The Morgan fingerprint density at radius 2 is 0.442 bits per heavy atom. The number of phosphoric ester groups is 2. The molecule has 0 amide bonds. The summed E-state index contributed by atoms with van der Waals surface area (Å²) in [5, 5.41) is 10.7. The summed E-state index contributed by atoms with van der Waals surface area (Å²) in [6, 6.07) is 0. The second kappa shape index (κ2) is 77.8. The number of ether oxygens (including phenoxy) is 4. The summed E-state index contributed by atoms with van der Waals surface area (Å²) in [4.78, 5) is 73.1. The lowest BCUT2D eigenvalue weighted by molar-refractivity contribution is -0.161. The van der Waals surface area contributed by atoms with Crippen LogP contribution in [0.1, 0.15) is 458 Å². The smallest absolute Gasteiger partial charge is 0.462 e. The highest BCUT2D eigenvalue weighted by molar-refractivity contribution is 7.47. The van der Waals surface area contributed by atoms with Crippen molar-refractivity contribution in [1.29, 1.82) is 0 Å². The SMILES string of the molecule is CCCCCCCCCCCCCCCCCCCCCCC(=O)O[C@H](COC(=O)CCCCCCCCCCCCCCCCCCCCC)COP(=O)(O)OC[C@@H](O)COP(=O)(O)OC[C@@H](COC(=O)CCCCCCCCCCC)OC(=O)CCCCCCCCCCCCCCCC(C)C. The molecule has 0 saturated heterocycles. The van der Waals surface area contributed by atoms with Crippen LogP contribution in [-0.2, 0) is 65.4 Å². The molecule has 0 spiro atoms. The summed E-state index contributed by atoms with van der Waals surface area (Å²) in [5.74, 6) is -1.32. The number of hydrogen-bond donors (Lipinski definition) is 3. The lowest BCUT2D eigenvalue weighted by atomic mass is 10.0. The normalized spacial score (nSPS) is 13.8. The van der Waals surface area contributed by atoms with E-state index in [9.17, 15) is 43.2 Å². The quantitative estimate of drug-likeness (QED) is 0.0222. The molecular formula is C85H166O17P2. The first-order chi connectivity index (χ1) is 50.5. The molecule has 0 radical (unpaired) electrons. The van der Waals surface area contributed by atoms with E-state index < -0.39 is 97.5 Å². The molecule has 19 heteroatoms. The number of carbonyl (C=O) groups excluding carboxylic acids is 4. The monoisotopic (exact) mass is 1520 g/mol. The minimum atomic E-state index is -4.96. The Morgan fingerprint density at radius 1 is 0.260 bits per heavy atom. The van der Waals surface area contributed by atoms with Gasteiger partial charge in [-0.25, -0.2) is 9.13 Å². The van der Waals surface area contributed by atoms with Gasteiger partial charge in [0.1, 0.15) is 19.3 Å². The predicted octanol–water partition coefficient (Wildman–Crippen LogP) is 26.0. The average molecular weight is 1520 g/mol. The van der Waals surface area contributed by atoms with Crippen LogP contribution in [0.15, 0.2) is 0 Å². The molecule has 104 heavy (non-hydrogen) atoms. The molecule has 0 aromatic rings. The fourth-order valence-corrected chi connectivity index (χ4v) is 14.9. The third-order valence-electron chi connectivity index (χ3n) is 20.0. The Balaban J connectivity index is 5.21. The summed E-state index contributed by atoms with van der Waals surface area (Å²) in [5.41, 5.74) is 0. The van der Waals surface area contributed by atoms with Gasteiger partial charge in [-0.3, -0.25) is 37.3 Å². The Kier molecular flexibility index (Phi) is 76.3. The van der Waals surface area contributed by atoms with Crippen LogP contribution in [0.25, 0.3) is 0 Å². The van der Waals surface area contributed by atoms with Crippen molar-refractivity contribution in [2.24, 2.45) is 5.92 Å². The Labute approximate surface area is 638 Å². The van der Waals surface area contributed by atoms with Gasteiger partial charge in [0.15, 0.2) is 12.2 Å². The summed E-state index contributed by atoms with van der Waals surface area (Å²) in [6.45, 7) is 7.36. The zero-order valence-corrected chi connectivity index (χ0v) is 70.0. The number of esters is 4. The summed E-state index contributed by atoms with van der Waals surface area (Å²) in [6.07, 6.45) is 70.9. The molecule has 0 aliphatic heterocycles. The Morgan fingerprint density at radius 3 is 0.654 bits per heavy atom. The van der Waals surface area contributed by atoms with Crippen LogP contribution in [0.5, 0.6) is 0 Å². The first-order valence-corrected chi connectivity index (χ1v) is 47.1. The maximum atomic E-state index is 13.1. The van der Waals surface area contributed by atoms with Crippen molar-refractivity contribution in [3.63, 3.8) is 0 Å². The van der Waals surface area contributed by atoms with E-state index in [-0.39, 0.29) is 25.7 Å². The van der Waals surface area contributed by atoms with Gasteiger partial charge in [-0.1, -0.05) is 407 Å². The standard InChI is InChI=1S/C85H166O17P2/c1-6-9-12-15-18-21-23-25-27-29-31-33-35-37-41-45-50-55-60-65-70-84(89)102-81(75-96-83(88)69-64-59-54-49-44-40-36-34-32-30-28-26-24-22-19-16-13-10-7-2)77-100-104(93,94)98-73-79(86)72-97-103(91,92)99-76-80(74-95-82(87)68-63-58-53-47-20-17-14-11-8-3)101-85(90)71-66-61-56-51-46-42-38-39-43-48-52-57-62-67-78(4)5/h78-81,86H,6-77H2,1-5H3,(H,91,92)(H,93,94)/t79-,80+,81+/m0/s1. The molecule has 0 aliphatic rings. The number of rotatable bonds is 85. The molecule has 0 heterocycles. The van der Waals surface area contributed by atoms with Crippen LogP contribution in [0.3, 0.4) is 0 Å². The molecule has 0 aliphatic carbocycles. The van der Waals surface area contributed by atoms with Crippen molar-refractivity contribution >= 4 is 39.5 Å². The van der Waals surface area contributed by atoms with Gasteiger partial charge in [0.25, 0.3) is 0 Å². The van der Waals surface area contributed by atoms with E-state index in [0.29, 0.717) is 25.7 Å². The molecule has 3 N–H and O–H groups in total. The van der Waals surface area contributed by atoms with Crippen molar-refractivity contribution < 1.29 is 80.2 Å². The van der Waals surface area contributed by atoms with E-state index >= 15 is 0 Å². The van der Waals surface area contributed by atoms with E-state index in [2.05, 4.69) is 34.6 Å². The van der Waals surface area contributed by atoms with Gasteiger partial charge in [0, 0.05) is 25.7 Å². The van der Waals surface area contributed by atoms with Crippen molar-refractivity contribution in [2.45, 2.75) is 477 Å². The Bertz CT molecular complexity index is 1980. The van der Waals surface area contributed by atoms with Gasteiger partial charge in [-0.05, 0) is 31.6 Å². The zero-order valence-electron chi connectivity index (χ0n) is 68.2. The van der Waals surface area contributed by atoms with Crippen LogP contribution in [0.2, 0.25) is 0 Å². The minimum absolute atomic E-state index is 0.108. The lowest BCUT2D eigenvalue weighted by Crippen LogP contribution is -2.30. The van der Waals surface area contributed by atoms with Gasteiger partial charge in [-0.2, -0.15) is 0 Å². The number of carbonyl (C=O) groups is 4. The van der Waals surface area contributed by atoms with Crippen LogP contribution >= 0.6 is 15.6 Å². The van der Waals surface area contributed by atoms with E-state index in [0.717, 1.165) is 95.8 Å². The molecule has 0 fully saturated rings. The molecular weight excluding hydrogens is 1350 g/mol. The van der Waals surface area contributed by atoms with Gasteiger partial charge in [0.2, 0.25) is 0 Å². The lowest BCUT2D eigenvalue weighted by Gasteiger charge is -2.21. The maximum Gasteiger partial charge on any atom is 0.472 e. The highest BCUT2D eigenvalue weighted by atomic mass is 31.2. The highest BCUT2D eigenvalue weighted by Gasteiger charge is 2.30. The second-order valence-electron chi connectivity index (χ2n) is 31.1.